The number of fused-ring (bicyclic) bond motifs is 1. The predicted octanol–water partition coefficient (Wildman–Crippen LogP) is 3.80. The second-order valence-corrected chi connectivity index (χ2v) is 7.32. The molecule has 0 bridgehead atoms. The van der Waals surface area contributed by atoms with Crippen molar-refractivity contribution in [3.63, 3.8) is 0 Å². The minimum Gasteiger partial charge on any atom is -0.507 e. The van der Waals surface area contributed by atoms with E-state index < -0.39 is 5.63 Å². The number of phenols is 1. The number of amides is 1. The zero-order valence-electron chi connectivity index (χ0n) is 16.4. The maximum Gasteiger partial charge on any atom is 0.340 e. The Morgan fingerprint density at radius 3 is 2.61 bits per heavy atom. The van der Waals surface area contributed by atoms with Gasteiger partial charge in [0.1, 0.15) is 11.3 Å². The topological polar surface area (TPSA) is 79.5 Å². The van der Waals surface area contributed by atoms with Crippen molar-refractivity contribution in [3.05, 3.63) is 75.1 Å². The Balaban J connectivity index is 1.71. The Labute approximate surface area is 164 Å². The van der Waals surface area contributed by atoms with Crippen molar-refractivity contribution < 1.29 is 14.3 Å². The molecule has 2 aromatic carbocycles. The molecule has 1 unspecified atom stereocenters. The van der Waals surface area contributed by atoms with Gasteiger partial charge >= 0.3 is 5.63 Å². The summed E-state index contributed by atoms with van der Waals surface area (Å²) in [7, 11) is 0. The van der Waals surface area contributed by atoms with Gasteiger partial charge < -0.3 is 14.8 Å². The Hall–Kier alpha value is -3.08. The lowest BCUT2D eigenvalue weighted by atomic mass is 10.0. The van der Waals surface area contributed by atoms with E-state index in [0.717, 1.165) is 18.4 Å². The number of nitrogens with one attached hydrogen (secondary N) is 1. The van der Waals surface area contributed by atoms with Gasteiger partial charge in [0, 0.05) is 6.04 Å². The number of carbonyl (C=O) groups excluding carboxylic acids is 1. The zero-order chi connectivity index (χ0) is 20.3. The van der Waals surface area contributed by atoms with Gasteiger partial charge in [-0.15, -0.1) is 0 Å². The third-order valence-electron chi connectivity index (χ3n) is 4.96. The van der Waals surface area contributed by atoms with Gasteiger partial charge in [0.15, 0.2) is 0 Å². The molecule has 0 saturated carbocycles. The summed E-state index contributed by atoms with van der Waals surface area (Å²) in [4.78, 5) is 24.8. The third-order valence-corrected chi connectivity index (χ3v) is 4.96. The Kier molecular flexibility index (Phi) is 5.83. The highest BCUT2D eigenvalue weighted by Crippen LogP contribution is 2.29. The fraction of sp³-hybridized carbons (Fsp3) is 0.304. The highest BCUT2D eigenvalue weighted by atomic mass is 16.4. The molecular formula is C23H25NO4. The quantitative estimate of drug-likeness (QED) is 0.639. The second kappa shape index (κ2) is 8.30. The van der Waals surface area contributed by atoms with Gasteiger partial charge in [0.25, 0.3) is 0 Å². The summed E-state index contributed by atoms with van der Waals surface area (Å²) in [6.07, 6.45) is 1.60. The molecule has 2 N–H and O–H groups in total. The number of hydrogen-bond donors (Lipinski definition) is 2. The SMILES string of the molecule is Cc1cc(O)c2c(C)c(CC(=O)NC(C)CCc3ccccc3)c(=O)oc2c1. The largest absolute Gasteiger partial charge is 0.507 e. The van der Waals surface area contributed by atoms with Crippen LogP contribution in [0, 0.1) is 13.8 Å². The van der Waals surface area contributed by atoms with E-state index in [-0.39, 0.29) is 29.7 Å². The van der Waals surface area contributed by atoms with Gasteiger partial charge in [-0.2, -0.15) is 0 Å². The van der Waals surface area contributed by atoms with E-state index in [1.165, 1.54) is 5.56 Å². The highest BCUT2D eigenvalue weighted by Gasteiger charge is 2.18. The van der Waals surface area contributed by atoms with Gasteiger partial charge in [-0.05, 0) is 62.4 Å². The lowest BCUT2D eigenvalue weighted by molar-refractivity contribution is -0.121. The van der Waals surface area contributed by atoms with E-state index in [4.69, 9.17) is 4.42 Å². The van der Waals surface area contributed by atoms with Crippen LogP contribution in [0.3, 0.4) is 0 Å². The van der Waals surface area contributed by atoms with E-state index in [2.05, 4.69) is 17.4 Å². The first-order valence-electron chi connectivity index (χ1n) is 9.44. The van der Waals surface area contributed by atoms with Gasteiger partial charge in [-0.25, -0.2) is 4.79 Å². The van der Waals surface area contributed by atoms with Crippen LogP contribution >= 0.6 is 0 Å². The summed E-state index contributed by atoms with van der Waals surface area (Å²) < 4.78 is 5.35. The van der Waals surface area contributed by atoms with Crippen LogP contribution in [0.2, 0.25) is 0 Å². The molecule has 3 aromatic rings. The molecule has 0 saturated heterocycles. The van der Waals surface area contributed by atoms with E-state index >= 15 is 0 Å². The van der Waals surface area contributed by atoms with Crippen LogP contribution in [0.1, 0.15) is 35.6 Å². The summed E-state index contributed by atoms with van der Waals surface area (Å²) in [5.41, 5.74) is 2.67. The summed E-state index contributed by atoms with van der Waals surface area (Å²) in [6, 6.07) is 13.4. The number of aryl methyl sites for hydroxylation is 3. The smallest absolute Gasteiger partial charge is 0.340 e. The van der Waals surface area contributed by atoms with Crippen molar-refractivity contribution in [2.45, 2.75) is 46.1 Å². The molecule has 0 fully saturated rings. The minimum atomic E-state index is -0.540. The van der Waals surface area contributed by atoms with Gasteiger partial charge in [0.05, 0.1) is 17.4 Å². The van der Waals surface area contributed by atoms with Crippen LogP contribution < -0.4 is 10.9 Å². The summed E-state index contributed by atoms with van der Waals surface area (Å²) in [6.45, 7) is 5.49. The minimum absolute atomic E-state index is 0.0171. The lowest BCUT2D eigenvalue weighted by Crippen LogP contribution is -2.35. The number of aromatic hydroxyl groups is 1. The fourth-order valence-electron chi connectivity index (χ4n) is 3.45. The van der Waals surface area contributed by atoms with E-state index in [1.54, 1.807) is 19.1 Å². The van der Waals surface area contributed by atoms with Crippen LogP contribution in [0.4, 0.5) is 0 Å². The normalized spacial score (nSPS) is 12.1. The fourth-order valence-corrected chi connectivity index (χ4v) is 3.45. The maximum absolute atomic E-state index is 12.5. The first-order valence-corrected chi connectivity index (χ1v) is 9.44. The van der Waals surface area contributed by atoms with Crippen molar-refractivity contribution in [2.75, 3.05) is 0 Å². The average Bonchev–Trinajstić information content (AvgIpc) is 2.63. The van der Waals surface area contributed by atoms with E-state index in [1.807, 2.05) is 32.0 Å². The molecule has 0 spiro atoms. The van der Waals surface area contributed by atoms with Crippen molar-refractivity contribution in [1.29, 1.82) is 0 Å². The summed E-state index contributed by atoms with van der Waals surface area (Å²) in [5, 5.41) is 13.7. The van der Waals surface area contributed by atoms with Crippen molar-refractivity contribution in [1.82, 2.24) is 5.32 Å². The molecule has 0 radical (unpaired) electrons. The molecule has 3 rings (SSSR count). The van der Waals surface area contributed by atoms with Crippen LogP contribution in [0.5, 0.6) is 5.75 Å². The molecule has 0 aliphatic carbocycles. The Bertz CT molecular complexity index is 1050. The molecule has 5 heteroatoms. The van der Waals surface area contributed by atoms with Crippen LogP contribution in [-0.2, 0) is 17.6 Å². The first-order chi connectivity index (χ1) is 13.3. The average molecular weight is 379 g/mol. The van der Waals surface area contributed by atoms with Crippen molar-refractivity contribution >= 4 is 16.9 Å². The number of phenolic OH excluding ortho intramolecular Hbond substituents is 1. The molecule has 146 valence electrons. The van der Waals surface area contributed by atoms with Crippen LogP contribution in [0.25, 0.3) is 11.0 Å². The Morgan fingerprint density at radius 1 is 1.18 bits per heavy atom. The summed E-state index contributed by atoms with van der Waals surface area (Å²) in [5.74, 6) is -0.184. The Morgan fingerprint density at radius 2 is 1.89 bits per heavy atom. The number of benzene rings is 2. The predicted molar refractivity (Wildman–Crippen MR) is 110 cm³/mol. The molecule has 1 atom stereocenters. The van der Waals surface area contributed by atoms with Gasteiger partial charge in [-0.3, -0.25) is 4.79 Å². The standard InChI is InChI=1S/C23H25NO4/c1-14-11-19(25)22-16(3)18(23(27)28-20(22)12-14)13-21(26)24-15(2)9-10-17-7-5-4-6-8-17/h4-8,11-12,15,25H,9-10,13H2,1-3H3,(H,24,26). The number of carbonyl (C=O) groups is 1. The zero-order valence-corrected chi connectivity index (χ0v) is 16.4. The highest BCUT2D eigenvalue weighted by molar-refractivity contribution is 5.89. The van der Waals surface area contributed by atoms with Crippen molar-refractivity contribution in [2.24, 2.45) is 0 Å². The van der Waals surface area contributed by atoms with Crippen LogP contribution in [0.15, 0.2) is 51.7 Å². The van der Waals surface area contributed by atoms with E-state index in [0.29, 0.717) is 16.5 Å². The molecule has 0 aliphatic rings. The van der Waals surface area contributed by atoms with Gasteiger partial charge in [0.2, 0.25) is 5.91 Å². The summed E-state index contributed by atoms with van der Waals surface area (Å²) >= 11 is 0. The van der Waals surface area contributed by atoms with E-state index in [9.17, 15) is 14.7 Å². The number of hydrogen-bond acceptors (Lipinski definition) is 4. The lowest BCUT2D eigenvalue weighted by Gasteiger charge is -2.15. The second-order valence-electron chi connectivity index (χ2n) is 7.32. The molecule has 0 aliphatic heterocycles. The molecule has 1 heterocycles. The molecule has 5 nitrogen and oxygen atoms in total. The molecule has 1 aromatic heterocycles. The first kappa shape index (κ1) is 19.7. The maximum atomic E-state index is 12.5. The molecule has 1 amide bonds. The monoisotopic (exact) mass is 379 g/mol. The van der Waals surface area contributed by atoms with Crippen LogP contribution in [-0.4, -0.2) is 17.1 Å². The van der Waals surface area contributed by atoms with Gasteiger partial charge in [-0.1, -0.05) is 30.3 Å². The molecule has 28 heavy (non-hydrogen) atoms. The third kappa shape index (κ3) is 4.42. The number of rotatable bonds is 6. The van der Waals surface area contributed by atoms with Crippen molar-refractivity contribution in [3.8, 4) is 5.75 Å². The molecular weight excluding hydrogens is 354 g/mol.